The molecular weight excluding hydrogens is 182 g/mol. The Balaban J connectivity index is 2.84. The van der Waals surface area contributed by atoms with Crippen LogP contribution in [0, 0.1) is 0 Å². The van der Waals surface area contributed by atoms with Gasteiger partial charge in [-0.2, -0.15) is 0 Å². The summed E-state index contributed by atoms with van der Waals surface area (Å²) in [4.78, 5) is 10.1. The van der Waals surface area contributed by atoms with Crippen LogP contribution in [0.3, 0.4) is 0 Å². The Hall–Kier alpha value is -1.97. The van der Waals surface area contributed by atoms with Gasteiger partial charge in [0.1, 0.15) is 17.8 Å². The van der Waals surface area contributed by atoms with Crippen LogP contribution in [0.15, 0.2) is 24.8 Å². The van der Waals surface area contributed by atoms with Gasteiger partial charge in [-0.1, -0.05) is 6.58 Å². The van der Waals surface area contributed by atoms with Gasteiger partial charge in [0, 0.05) is 17.3 Å². The smallest absolute Gasteiger partial charge is 0.139 e. The fourth-order valence-electron chi connectivity index (χ4n) is 1.04. The topological polar surface area (TPSA) is 69.6 Å². The summed E-state index contributed by atoms with van der Waals surface area (Å²) in [6, 6.07) is 4.11. The third-order valence-corrected chi connectivity index (χ3v) is 1.65. The molecule has 1 rings (SSSR count). The summed E-state index contributed by atoms with van der Waals surface area (Å²) in [7, 11) is 0. The lowest BCUT2D eigenvalue weighted by Gasteiger charge is -2.07. The minimum absolute atomic E-state index is 0.0472. The Kier molecular flexibility index (Phi) is 3.12. The van der Waals surface area contributed by atoms with Crippen molar-refractivity contribution in [3.63, 3.8) is 0 Å². The van der Waals surface area contributed by atoms with Crippen LogP contribution in [-0.2, 0) is 4.79 Å². The van der Waals surface area contributed by atoms with Gasteiger partial charge in [0.05, 0.1) is 6.54 Å². The molecule has 4 heteroatoms. The summed E-state index contributed by atoms with van der Waals surface area (Å²) < 4.78 is 0. The van der Waals surface area contributed by atoms with E-state index in [9.17, 15) is 4.79 Å². The minimum atomic E-state index is -0.0472. The highest BCUT2D eigenvalue weighted by atomic mass is 16.3. The molecule has 74 valence electrons. The van der Waals surface area contributed by atoms with Gasteiger partial charge < -0.3 is 20.3 Å². The Bertz CT molecular complexity index is 340. The first-order valence-corrected chi connectivity index (χ1v) is 4.03. The molecule has 0 saturated heterocycles. The Morgan fingerprint density at radius 3 is 2.43 bits per heavy atom. The van der Waals surface area contributed by atoms with E-state index in [1.807, 2.05) is 0 Å². The molecule has 0 aliphatic carbocycles. The van der Waals surface area contributed by atoms with Crippen LogP contribution in [0.2, 0.25) is 0 Å². The van der Waals surface area contributed by atoms with Gasteiger partial charge in [0.15, 0.2) is 0 Å². The van der Waals surface area contributed by atoms with Crippen molar-refractivity contribution in [2.45, 2.75) is 0 Å². The first kappa shape index (κ1) is 10.1. The van der Waals surface area contributed by atoms with Gasteiger partial charge in [-0.05, 0) is 12.1 Å². The molecule has 14 heavy (non-hydrogen) atoms. The molecule has 0 aliphatic heterocycles. The number of carbonyl (C=O) groups is 1. The van der Waals surface area contributed by atoms with Gasteiger partial charge in [-0.15, -0.1) is 0 Å². The standard InChI is InChI=1S/C10H11NO3/c1-7(11-2-3-12)8-4-9(13)6-10(14)5-8/h3-6,11,13-14H,1-2H2. The van der Waals surface area contributed by atoms with Gasteiger partial charge in [0.25, 0.3) is 0 Å². The lowest BCUT2D eigenvalue weighted by atomic mass is 10.1. The summed E-state index contributed by atoms with van der Waals surface area (Å²) in [6.45, 7) is 3.80. The van der Waals surface area contributed by atoms with Crippen molar-refractivity contribution in [2.75, 3.05) is 6.54 Å². The molecule has 3 N–H and O–H groups in total. The van der Waals surface area contributed by atoms with Crippen LogP contribution in [0.25, 0.3) is 5.70 Å². The molecule has 0 fully saturated rings. The highest BCUT2D eigenvalue weighted by molar-refractivity contribution is 5.67. The number of carbonyl (C=O) groups excluding carboxylic acids is 1. The maximum atomic E-state index is 10.1. The summed E-state index contributed by atoms with van der Waals surface area (Å²) in [5, 5.41) is 21.1. The molecule has 0 atom stereocenters. The number of aromatic hydroxyl groups is 2. The van der Waals surface area contributed by atoms with E-state index in [-0.39, 0.29) is 18.0 Å². The Morgan fingerprint density at radius 1 is 1.36 bits per heavy atom. The molecule has 0 saturated carbocycles. The van der Waals surface area contributed by atoms with Crippen molar-refractivity contribution in [2.24, 2.45) is 0 Å². The van der Waals surface area contributed by atoms with E-state index in [0.717, 1.165) is 0 Å². The van der Waals surface area contributed by atoms with Crippen LogP contribution in [0.5, 0.6) is 11.5 Å². The predicted molar refractivity (Wildman–Crippen MR) is 52.9 cm³/mol. The molecule has 0 heterocycles. The number of nitrogens with one attached hydrogen (secondary N) is 1. The zero-order valence-electron chi connectivity index (χ0n) is 7.53. The number of phenolic OH excluding ortho intramolecular Hbond substituents is 2. The third-order valence-electron chi connectivity index (χ3n) is 1.65. The average Bonchev–Trinajstić information content (AvgIpc) is 2.12. The molecule has 0 spiro atoms. The first-order valence-electron chi connectivity index (χ1n) is 4.03. The second-order valence-electron chi connectivity index (χ2n) is 2.76. The summed E-state index contributed by atoms with van der Waals surface area (Å²) in [5.41, 5.74) is 1.02. The summed E-state index contributed by atoms with van der Waals surface area (Å²) in [6.07, 6.45) is 0.702. The predicted octanol–water partition coefficient (Wildman–Crippen LogP) is 0.857. The van der Waals surface area contributed by atoms with E-state index < -0.39 is 0 Å². The van der Waals surface area contributed by atoms with Gasteiger partial charge >= 0.3 is 0 Å². The number of hydrogen-bond acceptors (Lipinski definition) is 4. The normalized spacial score (nSPS) is 9.43. The van der Waals surface area contributed by atoms with Crippen molar-refractivity contribution in [3.05, 3.63) is 30.3 Å². The lowest BCUT2D eigenvalue weighted by molar-refractivity contribution is -0.107. The molecule has 4 nitrogen and oxygen atoms in total. The maximum Gasteiger partial charge on any atom is 0.139 e. The quantitative estimate of drug-likeness (QED) is 0.620. The van der Waals surface area contributed by atoms with Gasteiger partial charge in [-0.25, -0.2) is 0 Å². The largest absolute Gasteiger partial charge is 0.508 e. The second kappa shape index (κ2) is 4.32. The minimum Gasteiger partial charge on any atom is -0.508 e. The molecule has 0 radical (unpaired) electrons. The fraction of sp³-hybridized carbons (Fsp3) is 0.100. The van der Waals surface area contributed by atoms with E-state index in [1.165, 1.54) is 18.2 Å². The molecule has 0 amide bonds. The number of rotatable bonds is 4. The number of phenols is 2. The van der Waals surface area contributed by atoms with E-state index >= 15 is 0 Å². The van der Waals surface area contributed by atoms with Crippen LogP contribution >= 0.6 is 0 Å². The number of benzene rings is 1. The van der Waals surface area contributed by atoms with Crippen molar-refractivity contribution in [1.29, 1.82) is 0 Å². The summed E-state index contributed by atoms with van der Waals surface area (Å²) >= 11 is 0. The van der Waals surface area contributed by atoms with Gasteiger partial charge in [-0.3, -0.25) is 0 Å². The van der Waals surface area contributed by atoms with E-state index in [2.05, 4.69) is 11.9 Å². The maximum absolute atomic E-state index is 10.1. The van der Waals surface area contributed by atoms with Gasteiger partial charge in [0.2, 0.25) is 0 Å². The Morgan fingerprint density at radius 2 is 1.93 bits per heavy atom. The lowest BCUT2D eigenvalue weighted by Crippen LogP contribution is -2.13. The van der Waals surface area contributed by atoms with Crippen molar-refractivity contribution in [3.8, 4) is 11.5 Å². The third kappa shape index (κ3) is 2.52. The van der Waals surface area contributed by atoms with E-state index in [0.29, 0.717) is 17.5 Å². The van der Waals surface area contributed by atoms with Crippen LogP contribution in [0.1, 0.15) is 5.56 Å². The zero-order chi connectivity index (χ0) is 10.6. The van der Waals surface area contributed by atoms with Crippen LogP contribution < -0.4 is 5.32 Å². The van der Waals surface area contributed by atoms with E-state index in [4.69, 9.17) is 10.2 Å². The molecule has 1 aromatic carbocycles. The van der Waals surface area contributed by atoms with E-state index in [1.54, 1.807) is 0 Å². The number of hydrogen-bond donors (Lipinski definition) is 3. The molecule has 0 aliphatic rings. The first-order chi connectivity index (χ1) is 6.63. The average molecular weight is 193 g/mol. The number of aldehydes is 1. The van der Waals surface area contributed by atoms with Crippen LogP contribution in [-0.4, -0.2) is 23.0 Å². The van der Waals surface area contributed by atoms with Crippen molar-refractivity contribution >= 4 is 12.0 Å². The highest BCUT2D eigenvalue weighted by Crippen LogP contribution is 2.23. The van der Waals surface area contributed by atoms with Crippen molar-refractivity contribution < 1.29 is 15.0 Å². The molecular formula is C10H11NO3. The van der Waals surface area contributed by atoms with Crippen LogP contribution in [0.4, 0.5) is 0 Å². The molecule has 0 unspecified atom stereocenters. The van der Waals surface area contributed by atoms with Crippen molar-refractivity contribution in [1.82, 2.24) is 5.32 Å². The molecule has 0 bridgehead atoms. The molecule has 0 aromatic heterocycles. The Labute approximate surface area is 81.5 Å². The summed E-state index contributed by atoms with van der Waals surface area (Å²) in [5.74, 6) is -0.0943. The fourth-order valence-corrected chi connectivity index (χ4v) is 1.04. The monoisotopic (exact) mass is 193 g/mol. The molecule has 1 aromatic rings. The SMILES string of the molecule is C=C(NCC=O)c1cc(O)cc(O)c1. The second-order valence-corrected chi connectivity index (χ2v) is 2.76. The highest BCUT2D eigenvalue weighted by Gasteiger charge is 2.01. The zero-order valence-corrected chi connectivity index (χ0v) is 7.53.